The van der Waals surface area contributed by atoms with E-state index in [1.54, 1.807) is 7.11 Å². The first-order valence-electron chi connectivity index (χ1n) is 12.0. The van der Waals surface area contributed by atoms with Gasteiger partial charge in [-0.1, -0.05) is 13.3 Å². The van der Waals surface area contributed by atoms with Crippen LogP contribution in [-0.2, 0) is 9.47 Å². The number of unbranched alkanes of at least 4 members (excludes halogenated alkanes) is 1. The van der Waals surface area contributed by atoms with E-state index in [1.165, 1.54) is 0 Å². The first-order valence-corrected chi connectivity index (χ1v) is 12.0. The summed E-state index contributed by atoms with van der Waals surface area (Å²) in [6.07, 6.45) is 10.7. The smallest absolute Gasteiger partial charge is 0.411 e. The molecule has 0 radical (unpaired) electrons. The number of nitrogens with one attached hydrogen (secondary N) is 2. The summed E-state index contributed by atoms with van der Waals surface area (Å²) in [4.78, 5) is 12.1. The molecule has 0 spiro atoms. The van der Waals surface area contributed by atoms with Gasteiger partial charge in [-0.05, 0) is 64.1 Å². The largest absolute Gasteiger partial charge is 0.494 e. The highest BCUT2D eigenvalue weighted by molar-refractivity contribution is 5.92. The number of benzene rings is 1. The second-order valence-corrected chi connectivity index (χ2v) is 8.85. The topological polar surface area (TPSA) is 86.6 Å². The van der Waals surface area contributed by atoms with Crippen LogP contribution in [0.4, 0.5) is 10.5 Å². The molecule has 8 nitrogen and oxygen atoms in total. The molecule has 1 saturated carbocycles. The maximum absolute atomic E-state index is 12.1. The van der Waals surface area contributed by atoms with Crippen LogP contribution in [0.3, 0.4) is 0 Å². The van der Waals surface area contributed by atoms with Gasteiger partial charge in [-0.3, -0.25) is 10.00 Å². The van der Waals surface area contributed by atoms with E-state index in [0.29, 0.717) is 36.3 Å². The number of anilines is 1. The Labute approximate surface area is 190 Å². The molecule has 2 fully saturated rings. The van der Waals surface area contributed by atoms with Gasteiger partial charge in [0.2, 0.25) is 0 Å². The number of hydrogen-bond donors (Lipinski definition) is 2. The number of hydrogen-bond acceptors (Lipinski definition) is 6. The van der Waals surface area contributed by atoms with E-state index < -0.39 is 6.09 Å². The molecular formula is C24H36N4O4. The van der Waals surface area contributed by atoms with E-state index in [0.717, 1.165) is 75.4 Å². The molecule has 0 atom stereocenters. The van der Waals surface area contributed by atoms with Crippen LogP contribution < -0.4 is 15.4 Å². The van der Waals surface area contributed by atoms with Gasteiger partial charge in [0.05, 0.1) is 43.2 Å². The maximum atomic E-state index is 12.1. The van der Waals surface area contributed by atoms with Gasteiger partial charge in [0.1, 0.15) is 5.75 Å². The predicted octanol–water partition coefficient (Wildman–Crippen LogP) is 4.65. The lowest BCUT2D eigenvalue weighted by Gasteiger charge is -2.33. The van der Waals surface area contributed by atoms with Gasteiger partial charge in [0.25, 0.3) is 0 Å². The molecule has 1 aromatic heterocycles. The summed E-state index contributed by atoms with van der Waals surface area (Å²) >= 11 is 0. The number of carbonyl (C=O) groups is 1. The Hall–Kier alpha value is -2.32. The molecule has 1 amide bonds. The van der Waals surface area contributed by atoms with Crippen LogP contribution in [0.15, 0.2) is 18.3 Å². The van der Waals surface area contributed by atoms with Crippen molar-refractivity contribution in [1.29, 1.82) is 0 Å². The summed E-state index contributed by atoms with van der Waals surface area (Å²) in [5.41, 5.74) is 1.46. The van der Waals surface area contributed by atoms with Crippen molar-refractivity contribution in [3.05, 3.63) is 18.3 Å². The lowest BCUT2D eigenvalue weighted by Crippen LogP contribution is -2.36. The van der Waals surface area contributed by atoms with Crippen LogP contribution >= 0.6 is 0 Å². The summed E-state index contributed by atoms with van der Waals surface area (Å²) in [7, 11) is 1.59. The molecule has 2 N–H and O–H groups in total. The standard InChI is InChI=1S/C24H36N4O4/c1-3-4-13-31-24(29)26-22-14-17-16-28(27-21(17)15-23(22)30-2)18-5-7-19(8-6-18)32-20-9-11-25-12-10-20/h14-16,18-20,25H,3-13H2,1-2H3,(H,26,29). The molecule has 0 unspecified atom stereocenters. The van der Waals surface area contributed by atoms with E-state index >= 15 is 0 Å². The molecule has 4 rings (SSSR count). The summed E-state index contributed by atoms with van der Waals surface area (Å²) < 4.78 is 19.1. The molecule has 1 saturated heterocycles. The van der Waals surface area contributed by atoms with E-state index in [-0.39, 0.29) is 0 Å². The van der Waals surface area contributed by atoms with Crippen LogP contribution in [0.1, 0.15) is 64.3 Å². The number of methoxy groups -OCH3 is 1. The lowest BCUT2D eigenvalue weighted by molar-refractivity contribution is -0.0475. The average molecular weight is 445 g/mol. The zero-order valence-corrected chi connectivity index (χ0v) is 19.3. The first-order chi connectivity index (χ1) is 15.7. The monoisotopic (exact) mass is 444 g/mol. The highest BCUT2D eigenvalue weighted by Gasteiger charge is 2.26. The Balaban J connectivity index is 1.38. The van der Waals surface area contributed by atoms with Gasteiger partial charge in [0, 0.05) is 17.6 Å². The third-order valence-corrected chi connectivity index (χ3v) is 6.50. The molecule has 0 bridgehead atoms. The second-order valence-electron chi connectivity index (χ2n) is 8.85. The molecule has 1 aliphatic carbocycles. The highest BCUT2D eigenvalue weighted by atomic mass is 16.5. The van der Waals surface area contributed by atoms with Gasteiger partial charge in [-0.2, -0.15) is 5.10 Å². The summed E-state index contributed by atoms with van der Waals surface area (Å²) in [6, 6.07) is 4.15. The normalized spacial score (nSPS) is 22.1. The van der Waals surface area contributed by atoms with Crippen molar-refractivity contribution in [2.24, 2.45) is 0 Å². The van der Waals surface area contributed by atoms with Gasteiger partial charge >= 0.3 is 6.09 Å². The quantitative estimate of drug-likeness (QED) is 0.577. The number of piperidine rings is 1. The minimum absolute atomic E-state index is 0.369. The van der Waals surface area contributed by atoms with Crippen molar-refractivity contribution in [1.82, 2.24) is 15.1 Å². The molecule has 2 heterocycles. The minimum Gasteiger partial charge on any atom is -0.494 e. The number of aromatic nitrogens is 2. The zero-order valence-electron chi connectivity index (χ0n) is 19.3. The molecule has 1 aliphatic heterocycles. The predicted molar refractivity (Wildman–Crippen MR) is 124 cm³/mol. The molecule has 176 valence electrons. The average Bonchev–Trinajstić information content (AvgIpc) is 3.23. The molecular weight excluding hydrogens is 408 g/mol. The van der Waals surface area contributed by atoms with Crippen molar-refractivity contribution in [2.45, 2.75) is 76.5 Å². The molecule has 2 aliphatic rings. The highest BCUT2D eigenvalue weighted by Crippen LogP contribution is 2.34. The summed E-state index contributed by atoms with van der Waals surface area (Å²) in [5.74, 6) is 0.578. The number of fused-ring (bicyclic) bond motifs is 1. The van der Waals surface area contributed by atoms with Crippen LogP contribution in [-0.4, -0.2) is 54.9 Å². The number of nitrogens with zero attached hydrogens (tertiary/aromatic N) is 2. The van der Waals surface area contributed by atoms with Crippen LogP contribution in [0, 0.1) is 0 Å². The van der Waals surface area contributed by atoms with E-state index in [4.69, 9.17) is 19.3 Å². The van der Waals surface area contributed by atoms with Crippen LogP contribution in [0.25, 0.3) is 10.9 Å². The van der Waals surface area contributed by atoms with Gasteiger partial charge in [0.15, 0.2) is 0 Å². The Kier molecular flexibility index (Phi) is 7.86. The molecule has 32 heavy (non-hydrogen) atoms. The Morgan fingerprint density at radius 2 is 1.91 bits per heavy atom. The van der Waals surface area contributed by atoms with Gasteiger partial charge in [-0.25, -0.2) is 4.79 Å². The molecule has 8 heteroatoms. The van der Waals surface area contributed by atoms with E-state index in [1.807, 2.05) is 12.1 Å². The Bertz CT molecular complexity index is 885. The molecule has 2 aromatic rings. The van der Waals surface area contributed by atoms with Crippen LogP contribution in [0.2, 0.25) is 0 Å². The van der Waals surface area contributed by atoms with Crippen molar-refractivity contribution in [2.75, 3.05) is 32.1 Å². The minimum atomic E-state index is -0.462. The molecule has 1 aromatic carbocycles. The number of rotatable bonds is 8. The number of carbonyl (C=O) groups excluding carboxylic acids is 1. The third-order valence-electron chi connectivity index (χ3n) is 6.50. The Morgan fingerprint density at radius 3 is 2.62 bits per heavy atom. The van der Waals surface area contributed by atoms with Gasteiger partial charge < -0.3 is 19.5 Å². The van der Waals surface area contributed by atoms with E-state index in [2.05, 4.69) is 28.4 Å². The van der Waals surface area contributed by atoms with E-state index in [9.17, 15) is 4.79 Å². The fourth-order valence-electron chi connectivity index (χ4n) is 4.63. The van der Waals surface area contributed by atoms with Gasteiger partial charge in [-0.15, -0.1) is 0 Å². The number of ether oxygens (including phenoxy) is 3. The first kappa shape index (κ1) is 22.9. The lowest BCUT2D eigenvalue weighted by atomic mass is 9.92. The van der Waals surface area contributed by atoms with Crippen molar-refractivity contribution >= 4 is 22.7 Å². The summed E-state index contributed by atoms with van der Waals surface area (Å²) in [6.45, 7) is 4.60. The van der Waals surface area contributed by atoms with Crippen molar-refractivity contribution in [3.8, 4) is 5.75 Å². The maximum Gasteiger partial charge on any atom is 0.411 e. The third kappa shape index (κ3) is 5.72. The fourth-order valence-corrected chi connectivity index (χ4v) is 4.63. The summed E-state index contributed by atoms with van der Waals surface area (Å²) in [5, 5.41) is 12.0. The van der Waals surface area contributed by atoms with Crippen LogP contribution in [0.5, 0.6) is 5.75 Å². The Morgan fingerprint density at radius 1 is 1.16 bits per heavy atom. The van der Waals surface area contributed by atoms with Crippen molar-refractivity contribution in [3.63, 3.8) is 0 Å². The second kappa shape index (κ2) is 11.0. The zero-order chi connectivity index (χ0) is 22.3. The fraction of sp³-hybridized carbons (Fsp3) is 0.667. The van der Waals surface area contributed by atoms with Crippen molar-refractivity contribution < 1.29 is 19.0 Å². The number of amides is 1. The SMILES string of the molecule is CCCCOC(=O)Nc1cc2cn(C3CCC(OC4CCNCC4)CC3)nc2cc1OC.